The zero-order chi connectivity index (χ0) is 17.8. The molecule has 1 aromatic heterocycles. The van der Waals surface area contributed by atoms with Gasteiger partial charge in [0.05, 0.1) is 27.9 Å². The number of Topliss-reactive ketones (excluding diaryl/α,β-unsaturated/α-hetero) is 1. The van der Waals surface area contributed by atoms with E-state index in [1.165, 1.54) is 11.3 Å². The van der Waals surface area contributed by atoms with E-state index in [9.17, 15) is 9.59 Å². The number of hydrogen-bond donors (Lipinski definition) is 0. The van der Waals surface area contributed by atoms with Crippen molar-refractivity contribution in [3.05, 3.63) is 59.1 Å². The summed E-state index contributed by atoms with van der Waals surface area (Å²) in [6, 6.07) is 11.9. The fraction of sp³-hybridized carbons (Fsp3) is 0.211. The Morgan fingerprint density at radius 3 is 2.56 bits per heavy atom. The molecule has 3 rings (SSSR count). The summed E-state index contributed by atoms with van der Waals surface area (Å²) in [5.74, 6) is -0.0843. The lowest BCUT2D eigenvalue weighted by Crippen LogP contribution is -2.24. The molecule has 0 aliphatic carbocycles. The van der Waals surface area contributed by atoms with E-state index in [0.29, 0.717) is 23.5 Å². The van der Waals surface area contributed by atoms with Crippen LogP contribution in [0.1, 0.15) is 34.6 Å². The molecule has 0 aliphatic rings. The number of nitrogens with zero attached hydrogens (tertiary/aromatic N) is 1. The normalized spacial score (nSPS) is 11.9. The van der Waals surface area contributed by atoms with E-state index in [1.54, 1.807) is 54.9 Å². The predicted molar refractivity (Wildman–Crippen MR) is 96.4 cm³/mol. The molecule has 1 atom stereocenters. The number of esters is 1. The molecule has 6 heteroatoms. The quantitative estimate of drug-likeness (QED) is 0.491. The minimum Gasteiger partial charge on any atom is -0.494 e. The second-order valence-electron chi connectivity index (χ2n) is 5.40. The minimum absolute atomic E-state index is 0.254. The molecule has 0 unspecified atom stereocenters. The largest absolute Gasteiger partial charge is 0.494 e. The van der Waals surface area contributed by atoms with Crippen LogP contribution in [0, 0.1) is 0 Å². The maximum absolute atomic E-state index is 12.4. The predicted octanol–water partition coefficient (Wildman–Crippen LogP) is 4.12. The van der Waals surface area contributed by atoms with E-state index in [4.69, 9.17) is 9.47 Å². The maximum atomic E-state index is 12.4. The lowest BCUT2D eigenvalue weighted by atomic mass is 10.1. The summed E-state index contributed by atoms with van der Waals surface area (Å²) in [7, 11) is 0. The number of carbonyl (C=O) groups excluding carboxylic acids is 2. The van der Waals surface area contributed by atoms with Crippen molar-refractivity contribution in [3.63, 3.8) is 0 Å². The number of aromatic nitrogens is 1. The van der Waals surface area contributed by atoms with Crippen molar-refractivity contribution in [1.29, 1.82) is 0 Å². The van der Waals surface area contributed by atoms with Crippen molar-refractivity contribution < 1.29 is 19.1 Å². The van der Waals surface area contributed by atoms with Crippen molar-refractivity contribution >= 4 is 33.3 Å². The Hall–Kier alpha value is -2.73. The summed E-state index contributed by atoms with van der Waals surface area (Å²) in [5.41, 5.74) is 3.43. The molecule has 0 saturated carbocycles. The summed E-state index contributed by atoms with van der Waals surface area (Å²) in [5, 5.41) is 0. The van der Waals surface area contributed by atoms with Gasteiger partial charge in [-0.05, 0) is 56.3 Å². The van der Waals surface area contributed by atoms with Gasteiger partial charge in [-0.25, -0.2) is 9.78 Å². The highest BCUT2D eigenvalue weighted by atomic mass is 32.1. The Morgan fingerprint density at radius 1 is 1.12 bits per heavy atom. The monoisotopic (exact) mass is 355 g/mol. The molecule has 2 aromatic carbocycles. The van der Waals surface area contributed by atoms with Crippen molar-refractivity contribution in [1.82, 2.24) is 4.98 Å². The highest BCUT2D eigenvalue weighted by molar-refractivity contribution is 7.16. The van der Waals surface area contributed by atoms with E-state index in [1.807, 2.05) is 6.92 Å². The molecule has 0 spiro atoms. The van der Waals surface area contributed by atoms with Crippen molar-refractivity contribution in [2.75, 3.05) is 6.61 Å². The number of fused-ring (bicyclic) bond motifs is 1. The number of thiazole rings is 1. The number of hydrogen-bond acceptors (Lipinski definition) is 6. The van der Waals surface area contributed by atoms with Gasteiger partial charge >= 0.3 is 5.97 Å². The van der Waals surface area contributed by atoms with Gasteiger partial charge in [0, 0.05) is 5.56 Å². The molecule has 0 saturated heterocycles. The highest BCUT2D eigenvalue weighted by Crippen LogP contribution is 2.20. The Bertz CT molecular complexity index is 901. The SMILES string of the molecule is CCOc1ccc(C(=O)[C@@H](C)OC(=O)c2ccc3ncsc3c2)cc1. The molecule has 0 fully saturated rings. The van der Waals surface area contributed by atoms with Crippen molar-refractivity contribution in [2.45, 2.75) is 20.0 Å². The highest BCUT2D eigenvalue weighted by Gasteiger charge is 2.20. The van der Waals surface area contributed by atoms with Gasteiger partial charge in [0.25, 0.3) is 0 Å². The third kappa shape index (κ3) is 3.85. The van der Waals surface area contributed by atoms with Crippen LogP contribution in [0.4, 0.5) is 0 Å². The number of carbonyl (C=O) groups is 2. The van der Waals surface area contributed by atoms with Gasteiger partial charge in [0.15, 0.2) is 6.10 Å². The lowest BCUT2D eigenvalue weighted by Gasteiger charge is -2.13. The van der Waals surface area contributed by atoms with Crippen LogP contribution in [0.15, 0.2) is 48.0 Å². The maximum Gasteiger partial charge on any atom is 0.338 e. The van der Waals surface area contributed by atoms with Crippen LogP contribution in [0.2, 0.25) is 0 Å². The van der Waals surface area contributed by atoms with Crippen LogP contribution < -0.4 is 4.74 Å². The van der Waals surface area contributed by atoms with Crippen molar-refractivity contribution in [3.8, 4) is 5.75 Å². The van der Waals surface area contributed by atoms with Gasteiger partial charge in [-0.15, -0.1) is 11.3 Å². The van der Waals surface area contributed by atoms with E-state index < -0.39 is 12.1 Å². The van der Waals surface area contributed by atoms with Gasteiger partial charge in [0.1, 0.15) is 5.75 Å². The molecule has 0 N–H and O–H groups in total. The molecule has 0 bridgehead atoms. The molecule has 0 aliphatic heterocycles. The smallest absolute Gasteiger partial charge is 0.338 e. The second-order valence-corrected chi connectivity index (χ2v) is 6.29. The Kier molecular flexibility index (Phi) is 5.09. The van der Waals surface area contributed by atoms with Crippen LogP contribution in [-0.4, -0.2) is 29.4 Å². The van der Waals surface area contributed by atoms with Gasteiger partial charge in [0.2, 0.25) is 5.78 Å². The second kappa shape index (κ2) is 7.44. The van der Waals surface area contributed by atoms with E-state index in [-0.39, 0.29) is 5.78 Å². The molecule has 5 nitrogen and oxygen atoms in total. The number of ketones is 1. The fourth-order valence-electron chi connectivity index (χ4n) is 2.38. The first-order chi connectivity index (χ1) is 12.1. The summed E-state index contributed by atoms with van der Waals surface area (Å²) >= 11 is 1.45. The number of rotatable bonds is 6. The molecule has 128 valence electrons. The summed E-state index contributed by atoms with van der Waals surface area (Å²) in [6.45, 7) is 4.03. The Morgan fingerprint density at radius 2 is 1.84 bits per heavy atom. The number of benzene rings is 2. The topological polar surface area (TPSA) is 65.5 Å². The van der Waals surface area contributed by atoms with E-state index in [0.717, 1.165) is 10.2 Å². The molecule has 0 amide bonds. The summed E-state index contributed by atoms with van der Waals surface area (Å²) in [4.78, 5) is 28.9. The van der Waals surface area contributed by atoms with Crippen LogP contribution in [0.5, 0.6) is 5.75 Å². The van der Waals surface area contributed by atoms with Gasteiger partial charge < -0.3 is 9.47 Å². The van der Waals surface area contributed by atoms with Crippen LogP contribution in [0.3, 0.4) is 0 Å². The third-order valence-corrected chi connectivity index (χ3v) is 4.46. The van der Waals surface area contributed by atoms with Gasteiger partial charge in [-0.3, -0.25) is 4.79 Å². The third-order valence-electron chi connectivity index (χ3n) is 3.67. The van der Waals surface area contributed by atoms with E-state index >= 15 is 0 Å². The molecule has 3 aromatic rings. The first-order valence-corrected chi connectivity index (χ1v) is 8.77. The minimum atomic E-state index is -0.873. The molecule has 1 heterocycles. The average molecular weight is 355 g/mol. The van der Waals surface area contributed by atoms with E-state index in [2.05, 4.69) is 4.98 Å². The standard InChI is InChI=1S/C19H17NO4S/c1-3-23-15-7-4-13(5-8-15)18(21)12(2)24-19(22)14-6-9-16-17(10-14)25-11-20-16/h4-12H,3H2,1-2H3/t12-/m1/s1. The van der Waals surface area contributed by atoms with Crippen LogP contribution in [-0.2, 0) is 4.74 Å². The average Bonchev–Trinajstić information content (AvgIpc) is 3.09. The first kappa shape index (κ1) is 17.1. The zero-order valence-corrected chi connectivity index (χ0v) is 14.7. The van der Waals surface area contributed by atoms with Crippen LogP contribution in [0.25, 0.3) is 10.2 Å². The molecular weight excluding hydrogens is 338 g/mol. The number of ether oxygens (including phenoxy) is 2. The summed E-state index contributed by atoms with van der Waals surface area (Å²) in [6.07, 6.45) is -0.873. The van der Waals surface area contributed by atoms with Crippen LogP contribution >= 0.6 is 11.3 Å². The molecular formula is C19H17NO4S. The Labute approximate surface area is 149 Å². The zero-order valence-electron chi connectivity index (χ0n) is 13.9. The summed E-state index contributed by atoms with van der Waals surface area (Å²) < 4.78 is 11.6. The molecule has 0 radical (unpaired) electrons. The molecule has 25 heavy (non-hydrogen) atoms. The Balaban J connectivity index is 1.68. The fourth-order valence-corrected chi connectivity index (χ4v) is 3.10. The first-order valence-electron chi connectivity index (χ1n) is 7.90. The van der Waals surface area contributed by atoms with Gasteiger partial charge in [-0.2, -0.15) is 0 Å². The lowest BCUT2D eigenvalue weighted by molar-refractivity contribution is 0.0319. The van der Waals surface area contributed by atoms with Gasteiger partial charge in [-0.1, -0.05) is 0 Å². The van der Waals surface area contributed by atoms with Crippen molar-refractivity contribution in [2.24, 2.45) is 0 Å².